The molecule has 0 spiro atoms. The number of aliphatic hydroxyl groups excluding tert-OH is 1. The molecule has 5 aromatic carbocycles. The zero-order chi connectivity index (χ0) is 37.8. The minimum absolute atomic E-state index is 0.0300. The number of para-hydroxylation sites is 2. The predicted octanol–water partition coefficient (Wildman–Crippen LogP) is 6.42. The maximum Gasteiger partial charge on any atom is 0.261 e. The largest absolute Gasteiger partial charge is 0.493 e. The van der Waals surface area contributed by atoms with Crippen molar-refractivity contribution in [3.8, 4) is 23.0 Å². The minimum Gasteiger partial charge on any atom is -0.493 e. The molecule has 2 atom stereocenters. The van der Waals surface area contributed by atoms with Gasteiger partial charge in [0.25, 0.3) is 11.8 Å². The topological polar surface area (TPSA) is 143 Å². The minimum atomic E-state index is -1.75. The summed E-state index contributed by atoms with van der Waals surface area (Å²) in [5, 5.41) is 20.3. The second-order valence-electron chi connectivity index (χ2n) is 13.8. The van der Waals surface area contributed by atoms with Crippen LogP contribution in [0, 0.1) is 0 Å². The van der Waals surface area contributed by atoms with Crippen molar-refractivity contribution in [1.29, 1.82) is 0 Å². The third-order valence-electron chi connectivity index (χ3n) is 10.4. The van der Waals surface area contributed by atoms with Crippen molar-refractivity contribution in [2.45, 2.75) is 44.4 Å². The van der Waals surface area contributed by atoms with E-state index in [1.165, 1.54) is 14.2 Å². The zero-order valence-corrected chi connectivity index (χ0v) is 30.0. The Hall–Kier alpha value is -6.50. The number of benzene rings is 5. The Morgan fingerprint density at radius 1 is 0.636 bits per heavy atom. The first-order valence-electron chi connectivity index (χ1n) is 17.9. The summed E-state index contributed by atoms with van der Waals surface area (Å²) >= 11 is 0. The van der Waals surface area contributed by atoms with Gasteiger partial charge in [0.2, 0.25) is 0 Å². The number of anilines is 2. The van der Waals surface area contributed by atoms with Gasteiger partial charge in [0.05, 0.1) is 48.8 Å². The van der Waals surface area contributed by atoms with Gasteiger partial charge < -0.3 is 29.2 Å². The number of carbonyl (C=O) groups excluding carboxylic acids is 2. The van der Waals surface area contributed by atoms with E-state index in [0.29, 0.717) is 69.5 Å². The van der Waals surface area contributed by atoms with Gasteiger partial charge in [-0.05, 0) is 64.7 Å². The molecule has 55 heavy (non-hydrogen) atoms. The van der Waals surface area contributed by atoms with Crippen LogP contribution in [0.15, 0.2) is 101 Å². The molecule has 0 aromatic heterocycles. The monoisotopic (exact) mass is 736 g/mol. The fraction of sp³-hybridized carbons (Fsp3) is 0.209. The molecule has 276 valence electrons. The van der Waals surface area contributed by atoms with Crippen molar-refractivity contribution >= 4 is 47.0 Å². The molecule has 4 aliphatic rings. The third-order valence-corrected chi connectivity index (χ3v) is 10.4. The molecule has 0 aliphatic carbocycles. The molecule has 0 radical (unpaired) electrons. The number of aliphatic imine (C=N–C) groups is 2. The molecule has 0 unspecified atom stereocenters. The lowest BCUT2D eigenvalue weighted by Gasteiger charge is -2.22. The molecule has 2 N–H and O–H groups in total. The lowest BCUT2D eigenvalue weighted by molar-refractivity contribution is -0.0426. The van der Waals surface area contributed by atoms with Crippen LogP contribution in [0.4, 0.5) is 22.7 Å². The second-order valence-corrected chi connectivity index (χ2v) is 13.8. The highest BCUT2D eigenvalue weighted by atomic mass is 16.5. The number of nitrogens with zero attached hydrogens (tertiary/aromatic N) is 4. The molecule has 12 heteroatoms. The maximum atomic E-state index is 13.8. The van der Waals surface area contributed by atoms with Crippen molar-refractivity contribution in [3.63, 3.8) is 0 Å². The lowest BCUT2D eigenvalue weighted by Crippen LogP contribution is -2.37. The van der Waals surface area contributed by atoms with E-state index in [9.17, 15) is 19.8 Å². The summed E-state index contributed by atoms with van der Waals surface area (Å²) in [6.45, 7) is 0.0601. The first-order chi connectivity index (χ1) is 26.8. The van der Waals surface area contributed by atoms with Gasteiger partial charge in [0.1, 0.15) is 13.2 Å². The SMILES string of the molecule is COc1cc2c(cc1OCc1cc(COc3cc4c(cc3OC)C(=O)N3c5ccccc5C[C@H]3C=N4)cc(C(O)O)c1)N=C[C@@H]1Cc3ccccc3N1C2=O. The van der Waals surface area contributed by atoms with Gasteiger partial charge in [0, 0.05) is 54.3 Å². The molecule has 9 rings (SSSR count). The summed E-state index contributed by atoms with van der Waals surface area (Å²) < 4.78 is 23.8. The second kappa shape index (κ2) is 13.7. The Labute approximate surface area is 316 Å². The molecule has 0 bridgehead atoms. The summed E-state index contributed by atoms with van der Waals surface area (Å²) in [6, 6.07) is 27.1. The number of rotatable bonds is 9. The van der Waals surface area contributed by atoms with Crippen LogP contribution in [-0.4, -0.2) is 60.8 Å². The molecule has 0 saturated carbocycles. The average molecular weight is 737 g/mol. The molecular weight excluding hydrogens is 700 g/mol. The summed E-state index contributed by atoms with van der Waals surface area (Å²) in [5.41, 5.74) is 7.17. The molecular formula is C43H36N4O8. The van der Waals surface area contributed by atoms with Crippen LogP contribution in [0.1, 0.15) is 54.8 Å². The fourth-order valence-corrected chi connectivity index (χ4v) is 7.81. The number of aliphatic hydroxyl groups is 2. The van der Waals surface area contributed by atoms with Crippen LogP contribution in [0.2, 0.25) is 0 Å². The van der Waals surface area contributed by atoms with E-state index in [4.69, 9.17) is 18.9 Å². The van der Waals surface area contributed by atoms with Crippen molar-refractivity contribution in [1.82, 2.24) is 0 Å². The number of amides is 2. The highest BCUT2D eigenvalue weighted by Crippen LogP contribution is 2.43. The summed E-state index contributed by atoms with van der Waals surface area (Å²) in [5.74, 6) is 1.12. The number of hydrogen-bond donors (Lipinski definition) is 2. The highest BCUT2D eigenvalue weighted by Gasteiger charge is 2.38. The van der Waals surface area contributed by atoms with E-state index in [1.807, 2.05) is 54.6 Å². The van der Waals surface area contributed by atoms with Crippen LogP contribution in [0.3, 0.4) is 0 Å². The molecule has 0 fully saturated rings. The van der Waals surface area contributed by atoms with Gasteiger partial charge in [0.15, 0.2) is 29.3 Å². The molecule has 4 heterocycles. The van der Waals surface area contributed by atoms with Gasteiger partial charge in [-0.15, -0.1) is 0 Å². The Bertz CT molecular complexity index is 2280. The summed E-state index contributed by atoms with van der Waals surface area (Å²) in [6.07, 6.45) is 3.21. The molecule has 0 saturated heterocycles. The number of methoxy groups -OCH3 is 2. The normalized spacial score (nSPS) is 17.5. The standard InChI is InChI=1S/C43H36N4O8/c1-52-37-16-31-33(44-20-29-14-26-7-3-5-9-35(26)46(29)41(31)48)18-39(37)54-22-24-11-25(13-28(12-24)43(50)51)23-55-40-19-34-32(17-38(40)53-2)42(49)47-30(21-45-34)15-27-8-4-6-10-36(27)47/h3-13,16-21,29-30,43,50-51H,14-15,22-23H2,1-2H3/t29-,30-/m0/s1. The van der Waals surface area contributed by atoms with Crippen LogP contribution < -0.4 is 28.7 Å². The summed E-state index contributed by atoms with van der Waals surface area (Å²) in [4.78, 5) is 40.6. The Morgan fingerprint density at radius 3 is 1.53 bits per heavy atom. The molecule has 5 aromatic rings. The fourth-order valence-electron chi connectivity index (χ4n) is 7.81. The van der Waals surface area contributed by atoms with Crippen LogP contribution in [0.25, 0.3) is 0 Å². The maximum absolute atomic E-state index is 13.8. The number of ether oxygens (including phenoxy) is 4. The Balaban J connectivity index is 0.949. The van der Waals surface area contributed by atoms with Crippen LogP contribution >= 0.6 is 0 Å². The molecule has 12 nitrogen and oxygen atoms in total. The average Bonchev–Trinajstić information content (AvgIpc) is 3.70. The van der Waals surface area contributed by atoms with Gasteiger partial charge in [-0.25, -0.2) is 0 Å². The van der Waals surface area contributed by atoms with Crippen molar-refractivity contribution in [3.05, 3.63) is 130 Å². The number of fused-ring (bicyclic) bond motifs is 8. The summed E-state index contributed by atoms with van der Waals surface area (Å²) in [7, 11) is 3.01. The van der Waals surface area contributed by atoms with Gasteiger partial charge in [-0.3, -0.25) is 29.4 Å². The van der Waals surface area contributed by atoms with E-state index in [1.54, 1.807) is 58.6 Å². The van der Waals surface area contributed by atoms with E-state index < -0.39 is 6.29 Å². The van der Waals surface area contributed by atoms with Crippen LogP contribution in [-0.2, 0) is 26.1 Å². The highest BCUT2D eigenvalue weighted by molar-refractivity contribution is 6.15. The van der Waals surface area contributed by atoms with Crippen molar-refractivity contribution in [2.24, 2.45) is 9.98 Å². The quantitative estimate of drug-likeness (QED) is 0.165. The number of hydrogen-bond acceptors (Lipinski definition) is 10. The smallest absolute Gasteiger partial charge is 0.261 e. The van der Waals surface area contributed by atoms with Gasteiger partial charge >= 0.3 is 0 Å². The zero-order valence-electron chi connectivity index (χ0n) is 30.0. The number of carbonyl (C=O) groups is 2. The predicted molar refractivity (Wildman–Crippen MR) is 206 cm³/mol. The van der Waals surface area contributed by atoms with Gasteiger partial charge in [-0.1, -0.05) is 36.4 Å². The molecule has 4 aliphatic heterocycles. The Kier molecular flexibility index (Phi) is 8.56. The van der Waals surface area contributed by atoms with E-state index in [-0.39, 0.29) is 42.7 Å². The first-order valence-corrected chi connectivity index (χ1v) is 17.9. The van der Waals surface area contributed by atoms with Crippen molar-refractivity contribution in [2.75, 3.05) is 24.0 Å². The third kappa shape index (κ3) is 6.05. The lowest BCUT2D eigenvalue weighted by atomic mass is 10.1. The molecule has 2 amide bonds. The van der Waals surface area contributed by atoms with Crippen molar-refractivity contribution < 1.29 is 38.7 Å². The first kappa shape index (κ1) is 34.3. The van der Waals surface area contributed by atoms with E-state index in [0.717, 1.165) is 22.5 Å². The van der Waals surface area contributed by atoms with Gasteiger partial charge in [-0.2, -0.15) is 0 Å². The van der Waals surface area contributed by atoms with Crippen LogP contribution in [0.5, 0.6) is 23.0 Å². The van der Waals surface area contributed by atoms with E-state index in [2.05, 4.69) is 9.98 Å². The Morgan fingerprint density at radius 2 is 1.09 bits per heavy atom. The van der Waals surface area contributed by atoms with E-state index >= 15 is 0 Å².